The lowest BCUT2D eigenvalue weighted by Crippen LogP contribution is -2.44. The Kier molecular flexibility index (Phi) is 3.92. The van der Waals surface area contributed by atoms with Crippen LogP contribution < -0.4 is 11.3 Å². The first-order valence-electron chi connectivity index (χ1n) is 7.07. The lowest BCUT2D eigenvalue weighted by Gasteiger charge is -2.30. The minimum Gasteiger partial charge on any atom is -0.271 e. The van der Waals surface area contributed by atoms with Crippen LogP contribution in [-0.2, 0) is 6.42 Å². The largest absolute Gasteiger partial charge is 0.271 e. The highest BCUT2D eigenvalue weighted by molar-refractivity contribution is 9.10. The number of nitrogens with one attached hydrogen (secondary N) is 1. The van der Waals surface area contributed by atoms with Gasteiger partial charge in [-0.25, -0.2) is 4.39 Å². The van der Waals surface area contributed by atoms with E-state index in [4.69, 9.17) is 5.84 Å². The average molecular weight is 327 g/mol. The first kappa shape index (κ1) is 13.5. The van der Waals surface area contributed by atoms with Crippen molar-refractivity contribution in [1.82, 2.24) is 5.43 Å². The van der Waals surface area contributed by atoms with Gasteiger partial charge >= 0.3 is 0 Å². The Balaban J connectivity index is 1.73. The van der Waals surface area contributed by atoms with Crippen LogP contribution in [0.15, 0.2) is 22.7 Å². The van der Waals surface area contributed by atoms with E-state index in [1.807, 2.05) is 12.1 Å². The van der Waals surface area contributed by atoms with Crippen molar-refractivity contribution < 1.29 is 4.39 Å². The SMILES string of the molecule is NNC(Cc1ccc(Br)cc1F)C1CC2CCC1C2. The summed E-state index contributed by atoms with van der Waals surface area (Å²) in [5, 5.41) is 0. The highest BCUT2D eigenvalue weighted by atomic mass is 79.9. The molecule has 0 aliphatic heterocycles. The van der Waals surface area contributed by atoms with Gasteiger partial charge in [-0.1, -0.05) is 28.4 Å². The summed E-state index contributed by atoms with van der Waals surface area (Å²) in [5.74, 6) is 7.89. The molecule has 2 nitrogen and oxygen atoms in total. The van der Waals surface area contributed by atoms with Gasteiger partial charge in [-0.3, -0.25) is 11.3 Å². The fourth-order valence-electron chi connectivity index (χ4n) is 4.04. The molecular formula is C15H20BrFN2. The zero-order valence-corrected chi connectivity index (χ0v) is 12.5. The van der Waals surface area contributed by atoms with Crippen molar-refractivity contribution >= 4 is 15.9 Å². The van der Waals surface area contributed by atoms with Crippen LogP contribution in [0.3, 0.4) is 0 Å². The predicted octanol–water partition coefficient (Wildman–Crippen LogP) is 3.40. The molecule has 2 fully saturated rings. The molecule has 2 aliphatic rings. The molecule has 1 aromatic rings. The maximum atomic E-state index is 13.9. The van der Waals surface area contributed by atoms with Crippen LogP contribution in [0.4, 0.5) is 4.39 Å². The topological polar surface area (TPSA) is 38.0 Å². The van der Waals surface area contributed by atoms with E-state index in [1.54, 1.807) is 0 Å². The number of fused-ring (bicyclic) bond motifs is 2. The molecular weight excluding hydrogens is 307 g/mol. The minimum atomic E-state index is -0.141. The van der Waals surface area contributed by atoms with Crippen molar-refractivity contribution in [2.75, 3.05) is 0 Å². The lowest BCUT2D eigenvalue weighted by molar-refractivity contribution is 0.247. The van der Waals surface area contributed by atoms with E-state index in [1.165, 1.54) is 31.7 Å². The van der Waals surface area contributed by atoms with Crippen LogP contribution in [0, 0.1) is 23.6 Å². The summed E-state index contributed by atoms with van der Waals surface area (Å²) in [7, 11) is 0. The molecule has 2 bridgehead atoms. The second-order valence-corrected chi connectivity index (χ2v) is 6.97. The molecule has 0 amide bonds. The van der Waals surface area contributed by atoms with E-state index in [0.717, 1.165) is 21.9 Å². The lowest BCUT2D eigenvalue weighted by atomic mass is 9.81. The van der Waals surface area contributed by atoms with Crippen molar-refractivity contribution in [3.63, 3.8) is 0 Å². The van der Waals surface area contributed by atoms with Gasteiger partial charge in [-0.2, -0.15) is 0 Å². The summed E-state index contributed by atoms with van der Waals surface area (Å²) in [6.07, 6.45) is 6.01. The Bertz CT molecular complexity index is 465. The Hall–Kier alpha value is -0.450. The first-order valence-corrected chi connectivity index (χ1v) is 7.86. The maximum absolute atomic E-state index is 13.9. The van der Waals surface area contributed by atoms with Gasteiger partial charge < -0.3 is 0 Å². The molecule has 19 heavy (non-hydrogen) atoms. The highest BCUT2D eigenvalue weighted by Crippen LogP contribution is 2.49. The highest BCUT2D eigenvalue weighted by Gasteiger charge is 2.42. The van der Waals surface area contributed by atoms with Gasteiger partial charge in [-0.05, 0) is 61.1 Å². The summed E-state index contributed by atoms with van der Waals surface area (Å²) in [5.41, 5.74) is 3.70. The third-order valence-electron chi connectivity index (χ3n) is 4.98. The molecule has 0 saturated heterocycles. The van der Waals surface area contributed by atoms with Crippen molar-refractivity contribution in [3.05, 3.63) is 34.1 Å². The van der Waals surface area contributed by atoms with Crippen LogP contribution >= 0.6 is 15.9 Å². The normalized spacial score (nSPS) is 30.8. The standard InChI is InChI=1S/C15H20BrFN2/c16-12-4-3-11(14(17)8-12)7-15(19-18)13-6-9-1-2-10(13)5-9/h3-4,8-10,13,15,19H,1-2,5-7,18H2. The number of nitrogens with two attached hydrogens (primary N) is 1. The van der Waals surface area contributed by atoms with E-state index in [0.29, 0.717) is 12.3 Å². The Labute approximate surface area is 122 Å². The third kappa shape index (κ3) is 2.71. The molecule has 1 aromatic carbocycles. The Morgan fingerprint density at radius 2 is 2.21 bits per heavy atom. The summed E-state index contributed by atoms with van der Waals surface area (Å²) >= 11 is 3.29. The second-order valence-electron chi connectivity index (χ2n) is 6.05. The molecule has 0 aromatic heterocycles. The summed E-state index contributed by atoms with van der Waals surface area (Å²) in [6, 6.07) is 5.49. The number of halogens is 2. The quantitative estimate of drug-likeness (QED) is 0.657. The maximum Gasteiger partial charge on any atom is 0.127 e. The monoisotopic (exact) mass is 326 g/mol. The van der Waals surface area contributed by atoms with Gasteiger partial charge in [0.2, 0.25) is 0 Å². The van der Waals surface area contributed by atoms with Crippen LogP contribution in [0.1, 0.15) is 31.2 Å². The average Bonchev–Trinajstić information content (AvgIpc) is 3.00. The molecule has 3 rings (SSSR count). The van der Waals surface area contributed by atoms with E-state index >= 15 is 0 Å². The summed E-state index contributed by atoms with van der Waals surface area (Å²) < 4.78 is 14.7. The molecule has 0 spiro atoms. The van der Waals surface area contributed by atoms with Crippen LogP contribution in [0.25, 0.3) is 0 Å². The number of rotatable bonds is 4. The molecule has 0 heterocycles. The van der Waals surface area contributed by atoms with Crippen molar-refractivity contribution in [1.29, 1.82) is 0 Å². The van der Waals surface area contributed by atoms with Gasteiger partial charge in [0, 0.05) is 10.5 Å². The van der Waals surface area contributed by atoms with Gasteiger partial charge in [0.1, 0.15) is 5.82 Å². The van der Waals surface area contributed by atoms with Crippen molar-refractivity contribution in [3.8, 4) is 0 Å². The molecule has 4 atom stereocenters. The van der Waals surface area contributed by atoms with Crippen molar-refractivity contribution in [2.45, 2.75) is 38.1 Å². The third-order valence-corrected chi connectivity index (χ3v) is 5.47. The second kappa shape index (κ2) is 5.51. The fraction of sp³-hybridized carbons (Fsp3) is 0.600. The first-order chi connectivity index (χ1) is 9.17. The molecule has 2 saturated carbocycles. The van der Waals surface area contributed by atoms with E-state index in [2.05, 4.69) is 21.4 Å². The van der Waals surface area contributed by atoms with Crippen LogP contribution in [0.5, 0.6) is 0 Å². The fourth-order valence-corrected chi connectivity index (χ4v) is 4.38. The van der Waals surface area contributed by atoms with Crippen molar-refractivity contribution in [2.24, 2.45) is 23.6 Å². The molecule has 0 radical (unpaired) electrons. The molecule has 4 heteroatoms. The zero-order valence-electron chi connectivity index (χ0n) is 10.9. The van der Waals surface area contributed by atoms with Gasteiger partial charge in [-0.15, -0.1) is 0 Å². The van der Waals surface area contributed by atoms with E-state index < -0.39 is 0 Å². The predicted molar refractivity (Wildman–Crippen MR) is 77.9 cm³/mol. The smallest absolute Gasteiger partial charge is 0.127 e. The number of hydrogen-bond acceptors (Lipinski definition) is 2. The van der Waals surface area contributed by atoms with Crippen LogP contribution in [-0.4, -0.2) is 6.04 Å². The minimum absolute atomic E-state index is 0.141. The molecule has 2 aliphatic carbocycles. The van der Waals surface area contributed by atoms with E-state index in [9.17, 15) is 4.39 Å². The molecule has 4 unspecified atom stereocenters. The number of hydrazine groups is 1. The summed E-state index contributed by atoms with van der Waals surface area (Å²) in [6.45, 7) is 0. The van der Waals surface area contributed by atoms with Gasteiger partial charge in [0.25, 0.3) is 0 Å². The Morgan fingerprint density at radius 3 is 2.79 bits per heavy atom. The molecule has 3 N–H and O–H groups in total. The van der Waals surface area contributed by atoms with E-state index in [-0.39, 0.29) is 11.9 Å². The zero-order chi connectivity index (χ0) is 13.4. The van der Waals surface area contributed by atoms with Crippen LogP contribution in [0.2, 0.25) is 0 Å². The Morgan fingerprint density at radius 1 is 1.37 bits per heavy atom. The molecule has 104 valence electrons. The van der Waals surface area contributed by atoms with Gasteiger partial charge in [0.15, 0.2) is 0 Å². The number of hydrogen-bond donors (Lipinski definition) is 2. The summed E-state index contributed by atoms with van der Waals surface area (Å²) in [4.78, 5) is 0. The van der Waals surface area contributed by atoms with Gasteiger partial charge in [0.05, 0.1) is 0 Å². The number of benzene rings is 1.